The Morgan fingerprint density at radius 1 is 1.28 bits per heavy atom. The van der Waals surface area contributed by atoms with Crippen LogP contribution in [0, 0.1) is 0 Å². The molecule has 1 N–H and O–H groups in total. The quantitative estimate of drug-likeness (QED) is 0.756. The van der Waals surface area contributed by atoms with Gasteiger partial charge in [-0.15, -0.1) is 0 Å². The number of hydrogen-bond donors (Lipinski definition) is 1. The fourth-order valence-electron chi connectivity index (χ4n) is 1.78. The maximum atomic E-state index is 12.0. The maximum Gasteiger partial charge on any atom is 0.254 e. The fourth-order valence-corrected chi connectivity index (χ4v) is 2.35. The number of carbonyl (C=O) groups is 1. The molecule has 18 heavy (non-hydrogen) atoms. The van der Waals surface area contributed by atoms with Gasteiger partial charge in [-0.3, -0.25) is 4.79 Å². The second-order valence-corrected chi connectivity index (χ2v) is 5.28. The number of benzene rings is 1. The molecule has 0 heterocycles. The van der Waals surface area contributed by atoms with Crippen molar-refractivity contribution in [3.8, 4) is 0 Å². The van der Waals surface area contributed by atoms with Crippen LogP contribution in [-0.2, 0) is 0 Å². The highest BCUT2D eigenvalue weighted by Crippen LogP contribution is 2.24. The molecule has 0 saturated carbocycles. The van der Waals surface area contributed by atoms with Crippen molar-refractivity contribution in [2.45, 2.75) is 45.6 Å². The van der Waals surface area contributed by atoms with E-state index in [0.717, 1.165) is 12.8 Å². The second kappa shape index (κ2) is 7.65. The number of rotatable bonds is 6. The van der Waals surface area contributed by atoms with Crippen molar-refractivity contribution >= 4 is 29.1 Å². The summed E-state index contributed by atoms with van der Waals surface area (Å²) in [5, 5.41) is 3.71. The SMILES string of the molecule is CCCCCC(C)NC(=O)c1c(Cl)cccc1Cl. The zero-order valence-corrected chi connectivity index (χ0v) is 12.3. The predicted molar refractivity (Wildman–Crippen MR) is 77.5 cm³/mol. The van der Waals surface area contributed by atoms with Gasteiger partial charge < -0.3 is 5.32 Å². The summed E-state index contributed by atoms with van der Waals surface area (Å²) in [6, 6.07) is 5.21. The van der Waals surface area contributed by atoms with Crippen molar-refractivity contribution in [2.75, 3.05) is 0 Å². The number of nitrogens with one attached hydrogen (secondary N) is 1. The largest absolute Gasteiger partial charge is 0.349 e. The van der Waals surface area contributed by atoms with Crippen molar-refractivity contribution in [2.24, 2.45) is 0 Å². The highest BCUT2D eigenvalue weighted by molar-refractivity contribution is 6.39. The minimum Gasteiger partial charge on any atom is -0.349 e. The highest BCUT2D eigenvalue weighted by atomic mass is 35.5. The van der Waals surface area contributed by atoms with Gasteiger partial charge in [0.25, 0.3) is 5.91 Å². The maximum absolute atomic E-state index is 12.0. The Balaban J connectivity index is 2.60. The third kappa shape index (κ3) is 4.51. The molecule has 100 valence electrons. The van der Waals surface area contributed by atoms with Crippen LogP contribution < -0.4 is 5.32 Å². The number of amides is 1. The van der Waals surface area contributed by atoms with Crippen molar-refractivity contribution in [1.82, 2.24) is 5.32 Å². The Kier molecular flexibility index (Phi) is 6.51. The van der Waals surface area contributed by atoms with Gasteiger partial charge in [-0.05, 0) is 25.5 Å². The normalized spacial score (nSPS) is 12.2. The first kappa shape index (κ1) is 15.3. The summed E-state index contributed by atoms with van der Waals surface area (Å²) in [4.78, 5) is 12.0. The number of halogens is 2. The molecular weight excluding hydrogens is 269 g/mol. The van der Waals surface area contributed by atoms with Crippen molar-refractivity contribution in [3.63, 3.8) is 0 Å². The minimum absolute atomic E-state index is 0.136. The van der Waals surface area contributed by atoms with Gasteiger partial charge in [-0.2, -0.15) is 0 Å². The van der Waals surface area contributed by atoms with E-state index in [0.29, 0.717) is 15.6 Å². The van der Waals surface area contributed by atoms with Gasteiger partial charge in [0.15, 0.2) is 0 Å². The van der Waals surface area contributed by atoms with Crippen LogP contribution in [0.5, 0.6) is 0 Å². The molecule has 0 aliphatic rings. The Labute approximate surface area is 119 Å². The van der Waals surface area contributed by atoms with E-state index in [2.05, 4.69) is 12.2 Å². The van der Waals surface area contributed by atoms with Gasteiger partial charge in [-0.25, -0.2) is 0 Å². The predicted octanol–water partition coefficient (Wildman–Crippen LogP) is 4.69. The van der Waals surface area contributed by atoms with E-state index in [4.69, 9.17) is 23.2 Å². The Hall–Kier alpha value is -0.730. The zero-order chi connectivity index (χ0) is 13.5. The average molecular weight is 288 g/mol. The summed E-state index contributed by atoms with van der Waals surface area (Å²) < 4.78 is 0. The molecule has 1 unspecified atom stereocenters. The summed E-state index contributed by atoms with van der Waals surface area (Å²) in [5.41, 5.74) is 0.364. The average Bonchev–Trinajstić information content (AvgIpc) is 2.29. The molecule has 1 aromatic carbocycles. The number of unbranched alkanes of at least 4 members (excludes halogenated alkanes) is 2. The monoisotopic (exact) mass is 287 g/mol. The van der Waals surface area contributed by atoms with Crippen LogP contribution in [-0.4, -0.2) is 11.9 Å². The molecule has 0 saturated heterocycles. The molecule has 0 bridgehead atoms. The molecule has 0 fully saturated rings. The Bertz CT molecular complexity index is 387. The molecular formula is C14H19Cl2NO. The summed E-state index contributed by atoms with van der Waals surface area (Å²) in [5.74, 6) is -0.199. The third-order valence-electron chi connectivity index (χ3n) is 2.81. The smallest absolute Gasteiger partial charge is 0.254 e. The summed E-state index contributed by atoms with van der Waals surface area (Å²) in [6.45, 7) is 4.16. The van der Waals surface area contributed by atoms with Crippen LogP contribution in [0.1, 0.15) is 49.9 Å². The molecule has 1 aromatic rings. The lowest BCUT2D eigenvalue weighted by Gasteiger charge is -2.15. The van der Waals surface area contributed by atoms with Gasteiger partial charge in [0, 0.05) is 6.04 Å². The minimum atomic E-state index is -0.199. The third-order valence-corrected chi connectivity index (χ3v) is 3.44. The molecule has 4 heteroatoms. The lowest BCUT2D eigenvalue weighted by atomic mass is 10.1. The van der Waals surface area contributed by atoms with Gasteiger partial charge in [0.05, 0.1) is 15.6 Å². The first-order valence-electron chi connectivity index (χ1n) is 6.31. The number of hydrogen-bond acceptors (Lipinski definition) is 1. The molecule has 0 aliphatic heterocycles. The van der Waals surface area contributed by atoms with E-state index < -0.39 is 0 Å². The van der Waals surface area contributed by atoms with Crippen molar-refractivity contribution in [3.05, 3.63) is 33.8 Å². The van der Waals surface area contributed by atoms with E-state index in [9.17, 15) is 4.79 Å². The first-order chi connectivity index (χ1) is 8.56. The molecule has 1 atom stereocenters. The van der Waals surface area contributed by atoms with Crippen LogP contribution >= 0.6 is 23.2 Å². The van der Waals surface area contributed by atoms with Gasteiger partial charge in [-0.1, -0.05) is 55.5 Å². The van der Waals surface area contributed by atoms with Gasteiger partial charge in [0.2, 0.25) is 0 Å². The van der Waals surface area contributed by atoms with Gasteiger partial charge >= 0.3 is 0 Å². The molecule has 0 aromatic heterocycles. The topological polar surface area (TPSA) is 29.1 Å². The Morgan fingerprint density at radius 3 is 2.44 bits per heavy atom. The highest BCUT2D eigenvalue weighted by Gasteiger charge is 2.16. The lowest BCUT2D eigenvalue weighted by Crippen LogP contribution is -2.32. The van der Waals surface area contributed by atoms with Crippen molar-refractivity contribution in [1.29, 1.82) is 0 Å². The standard InChI is InChI=1S/C14H19Cl2NO/c1-3-4-5-7-10(2)17-14(18)13-11(15)8-6-9-12(13)16/h6,8-10H,3-5,7H2,1-2H3,(H,17,18). The molecule has 1 rings (SSSR count). The van der Waals surface area contributed by atoms with Crippen molar-refractivity contribution < 1.29 is 4.79 Å². The van der Waals surface area contributed by atoms with Crippen LogP contribution in [0.3, 0.4) is 0 Å². The molecule has 1 amide bonds. The lowest BCUT2D eigenvalue weighted by molar-refractivity contribution is 0.0938. The van der Waals surface area contributed by atoms with E-state index in [1.807, 2.05) is 6.92 Å². The van der Waals surface area contributed by atoms with E-state index in [-0.39, 0.29) is 11.9 Å². The Morgan fingerprint density at radius 2 is 1.89 bits per heavy atom. The van der Waals surface area contributed by atoms with E-state index in [1.54, 1.807) is 18.2 Å². The van der Waals surface area contributed by atoms with Crippen LogP contribution in [0.2, 0.25) is 10.0 Å². The van der Waals surface area contributed by atoms with Crippen LogP contribution in [0.15, 0.2) is 18.2 Å². The molecule has 0 spiro atoms. The summed E-state index contributed by atoms with van der Waals surface area (Å²) >= 11 is 12.0. The van der Waals surface area contributed by atoms with Crippen LogP contribution in [0.4, 0.5) is 0 Å². The van der Waals surface area contributed by atoms with Crippen LogP contribution in [0.25, 0.3) is 0 Å². The fraction of sp³-hybridized carbons (Fsp3) is 0.500. The second-order valence-electron chi connectivity index (χ2n) is 4.47. The van der Waals surface area contributed by atoms with E-state index in [1.165, 1.54) is 12.8 Å². The zero-order valence-electron chi connectivity index (χ0n) is 10.8. The summed E-state index contributed by atoms with van der Waals surface area (Å²) in [6.07, 6.45) is 4.46. The molecule has 0 radical (unpaired) electrons. The van der Waals surface area contributed by atoms with Gasteiger partial charge in [0.1, 0.15) is 0 Å². The number of carbonyl (C=O) groups excluding carboxylic acids is 1. The summed E-state index contributed by atoms with van der Waals surface area (Å²) in [7, 11) is 0. The first-order valence-corrected chi connectivity index (χ1v) is 7.06. The molecule has 2 nitrogen and oxygen atoms in total. The van der Waals surface area contributed by atoms with E-state index >= 15 is 0 Å². The molecule has 0 aliphatic carbocycles.